The summed E-state index contributed by atoms with van der Waals surface area (Å²) in [6, 6.07) is 0.443. The molecule has 0 aliphatic heterocycles. The monoisotopic (exact) mass is 237 g/mol. The van der Waals surface area contributed by atoms with Crippen LogP contribution >= 0.6 is 11.8 Å². The van der Waals surface area contributed by atoms with Gasteiger partial charge in [0.05, 0.1) is 6.61 Å². The lowest BCUT2D eigenvalue weighted by Crippen LogP contribution is -2.20. The number of rotatable bonds is 3. The fraction of sp³-hybridized carbons (Fsp3) is 0.444. The van der Waals surface area contributed by atoms with Crippen LogP contribution < -0.4 is 0 Å². The summed E-state index contributed by atoms with van der Waals surface area (Å²) in [6.45, 7) is 3.05. The molecule has 0 saturated carbocycles. The Balaban J connectivity index is 3.01. The third-order valence-corrected chi connectivity index (χ3v) is 2.77. The van der Waals surface area contributed by atoms with Gasteiger partial charge in [-0.2, -0.15) is 4.39 Å². The largest absolute Gasteiger partial charge is 0.395 e. The highest BCUT2D eigenvalue weighted by molar-refractivity contribution is 8.00. The lowest BCUT2D eigenvalue weighted by Gasteiger charge is -2.20. The molecule has 84 valence electrons. The number of thioether (sulfide) groups is 1. The predicted octanol–water partition coefficient (Wildman–Crippen LogP) is 2.36. The van der Waals surface area contributed by atoms with Crippen LogP contribution in [-0.2, 0) is 0 Å². The number of aliphatic hydroxyl groups is 1. The van der Waals surface area contributed by atoms with Crippen molar-refractivity contribution in [3.05, 3.63) is 23.6 Å². The van der Waals surface area contributed by atoms with Crippen LogP contribution in [-0.4, -0.2) is 21.4 Å². The average molecular weight is 237 g/mol. The van der Waals surface area contributed by atoms with Gasteiger partial charge in [0, 0.05) is 10.8 Å². The Morgan fingerprint density at radius 1 is 1.33 bits per heavy atom. The maximum absolute atomic E-state index is 13.1. The molecule has 6 heteroatoms. The van der Waals surface area contributed by atoms with Gasteiger partial charge in [-0.1, -0.05) is 11.8 Å². The van der Waals surface area contributed by atoms with E-state index in [1.807, 2.05) is 0 Å². The molecule has 1 rings (SSSR count). The van der Waals surface area contributed by atoms with E-state index >= 15 is 0 Å². The summed E-state index contributed by atoms with van der Waals surface area (Å²) in [5.41, 5.74) is 0. The fourth-order valence-electron chi connectivity index (χ4n) is 0.794. The summed E-state index contributed by atoms with van der Waals surface area (Å²) in [4.78, 5) is 3.14. The molecule has 1 N–H and O–H groups in total. The first-order valence-electron chi connectivity index (χ1n) is 4.17. The maximum atomic E-state index is 13.1. The summed E-state index contributed by atoms with van der Waals surface area (Å²) < 4.78 is 37.7. The number of pyridine rings is 1. The zero-order valence-electron chi connectivity index (χ0n) is 8.22. The lowest BCUT2D eigenvalue weighted by atomic mass is 10.2. The second-order valence-electron chi connectivity index (χ2n) is 3.57. The van der Waals surface area contributed by atoms with E-state index in [0.717, 1.165) is 11.8 Å². The lowest BCUT2D eigenvalue weighted by molar-refractivity contribution is 0.264. The molecule has 0 atom stereocenters. The molecule has 2 nitrogen and oxygen atoms in total. The van der Waals surface area contributed by atoms with Gasteiger partial charge < -0.3 is 5.11 Å². The van der Waals surface area contributed by atoms with Crippen LogP contribution in [0.2, 0.25) is 0 Å². The molecule has 0 aliphatic rings. The minimum absolute atomic E-state index is 0.224. The van der Waals surface area contributed by atoms with Crippen molar-refractivity contribution in [1.29, 1.82) is 0 Å². The van der Waals surface area contributed by atoms with E-state index < -0.39 is 22.3 Å². The van der Waals surface area contributed by atoms with Crippen molar-refractivity contribution in [2.75, 3.05) is 6.61 Å². The summed E-state index contributed by atoms with van der Waals surface area (Å²) >= 11 is 0.853. The molecule has 15 heavy (non-hydrogen) atoms. The number of aliphatic hydroxyl groups excluding tert-OH is 1. The highest BCUT2D eigenvalue weighted by atomic mass is 32.2. The van der Waals surface area contributed by atoms with E-state index in [1.165, 1.54) is 0 Å². The second-order valence-corrected chi connectivity index (χ2v) is 5.26. The molecule has 1 aromatic rings. The normalized spacial score (nSPS) is 11.9. The van der Waals surface area contributed by atoms with Gasteiger partial charge >= 0.3 is 0 Å². The minimum Gasteiger partial charge on any atom is -0.395 e. The topological polar surface area (TPSA) is 33.1 Å². The Morgan fingerprint density at radius 2 is 1.93 bits per heavy atom. The van der Waals surface area contributed by atoms with E-state index in [9.17, 15) is 13.2 Å². The summed E-state index contributed by atoms with van der Waals surface area (Å²) in [7, 11) is 0. The van der Waals surface area contributed by atoms with Crippen molar-refractivity contribution in [2.24, 2.45) is 0 Å². The van der Waals surface area contributed by atoms with Gasteiger partial charge in [0.25, 0.3) is 0 Å². The molecular weight excluding hydrogens is 227 g/mol. The van der Waals surface area contributed by atoms with Gasteiger partial charge in [-0.15, -0.1) is 0 Å². The molecule has 0 aromatic carbocycles. The number of aromatic nitrogens is 1. The predicted molar refractivity (Wildman–Crippen MR) is 51.1 cm³/mol. The second kappa shape index (κ2) is 4.40. The molecule has 0 amide bonds. The summed E-state index contributed by atoms with van der Waals surface area (Å²) in [5, 5.41) is 8.67. The number of nitrogens with zero attached hydrogens (tertiary/aromatic N) is 1. The Labute approximate surface area is 89.5 Å². The SMILES string of the molecule is CC(C)(CO)Sc1nc(F)c(F)cc1F. The Bertz CT molecular complexity index is 371. The molecule has 0 radical (unpaired) electrons. The Hall–Kier alpha value is -0.750. The molecule has 0 unspecified atom stereocenters. The highest BCUT2D eigenvalue weighted by Gasteiger charge is 2.22. The first-order chi connectivity index (χ1) is 6.85. The van der Waals surface area contributed by atoms with Crippen LogP contribution in [0.1, 0.15) is 13.8 Å². The van der Waals surface area contributed by atoms with Crippen LogP contribution in [0.4, 0.5) is 13.2 Å². The molecule has 1 aromatic heterocycles. The quantitative estimate of drug-likeness (QED) is 0.647. The summed E-state index contributed by atoms with van der Waals surface area (Å²) in [5.74, 6) is -3.59. The van der Waals surface area contributed by atoms with Gasteiger partial charge in [-0.3, -0.25) is 0 Å². The van der Waals surface area contributed by atoms with Crippen LogP contribution in [0.5, 0.6) is 0 Å². The first-order valence-corrected chi connectivity index (χ1v) is 4.99. The summed E-state index contributed by atoms with van der Waals surface area (Å²) in [6.07, 6.45) is 0. The standard InChI is InChI=1S/C9H10F3NOS/c1-9(2,4-14)15-8-6(11)3-5(10)7(12)13-8/h3,14H,4H2,1-2H3. The van der Waals surface area contributed by atoms with Gasteiger partial charge in [0.15, 0.2) is 11.6 Å². The van der Waals surface area contributed by atoms with E-state index in [0.29, 0.717) is 6.07 Å². The molecule has 0 bridgehead atoms. The van der Waals surface area contributed by atoms with Crippen molar-refractivity contribution >= 4 is 11.8 Å². The molecule has 0 spiro atoms. The number of hydrogen-bond acceptors (Lipinski definition) is 3. The first kappa shape index (κ1) is 12.3. The number of hydrogen-bond donors (Lipinski definition) is 1. The molecule has 0 fully saturated rings. The smallest absolute Gasteiger partial charge is 0.250 e. The number of halogens is 3. The van der Waals surface area contributed by atoms with Crippen molar-refractivity contribution < 1.29 is 18.3 Å². The van der Waals surface area contributed by atoms with Crippen LogP contribution in [0.15, 0.2) is 11.1 Å². The fourth-order valence-corrected chi connectivity index (χ4v) is 1.66. The van der Waals surface area contributed by atoms with Crippen molar-refractivity contribution in [3.8, 4) is 0 Å². The zero-order valence-corrected chi connectivity index (χ0v) is 9.04. The van der Waals surface area contributed by atoms with E-state index in [2.05, 4.69) is 4.98 Å². The van der Waals surface area contributed by atoms with Crippen molar-refractivity contribution in [1.82, 2.24) is 4.98 Å². The van der Waals surface area contributed by atoms with E-state index in [4.69, 9.17) is 5.11 Å². The Kier molecular flexibility index (Phi) is 3.62. The van der Waals surface area contributed by atoms with Crippen molar-refractivity contribution in [3.63, 3.8) is 0 Å². The van der Waals surface area contributed by atoms with Crippen molar-refractivity contribution in [2.45, 2.75) is 23.6 Å². The minimum atomic E-state index is -1.34. The molecule has 1 heterocycles. The van der Waals surface area contributed by atoms with Crippen LogP contribution in [0.25, 0.3) is 0 Å². The van der Waals surface area contributed by atoms with E-state index in [1.54, 1.807) is 13.8 Å². The molecule has 0 aliphatic carbocycles. The molecular formula is C9H10F3NOS. The van der Waals surface area contributed by atoms with Gasteiger partial charge in [-0.25, -0.2) is 13.8 Å². The van der Waals surface area contributed by atoms with E-state index in [-0.39, 0.29) is 11.6 Å². The molecule has 0 saturated heterocycles. The average Bonchev–Trinajstić information content (AvgIpc) is 2.14. The maximum Gasteiger partial charge on any atom is 0.250 e. The van der Waals surface area contributed by atoms with Gasteiger partial charge in [0.1, 0.15) is 5.03 Å². The highest BCUT2D eigenvalue weighted by Crippen LogP contribution is 2.32. The zero-order chi connectivity index (χ0) is 11.6. The third-order valence-electron chi connectivity index (χ3n) is 1.61. The van der Waals surface area contributed by atoms with Gasteiger partial charge in [-0.05, 0) is 13.8 Å². The third kappa shape index (κ3) is 3.10. The Morgan fingerprint density at radius 3 is 2.47 bits per heavy atom. The van der Waals surface area contributed by atoms with Gasteiger partial charge in [0.2, 0.25) is 5.95 Å². The van der Waals surface area contributed by atoms with Crippen LogP contribution in [0, 0.1) is 17.6 Å². The van der Waals surface area contributed by atoms with Crippen LogP contribution in [0.3, 0.4) is 0 Å².